The highest BCUT2D eigenvalue weighted by Gasteiger charge is 2.36. The third-order valence-electron chi connectivity index (χ3n) is 6.22. The summed E-state index contributed by atoms with van der Waals surface area (Å²) in [7, 11) is 0. The third kappa shape index (κ3) is 5.79. The Morgan fingerprint density at radius 1 is 1.05 bits per heavy atom. The summed E-state index contributed by atoms with van der Waals surface area (Å²) >= 11 is 1.22. The van der Waals surface area contributed by atoms with E-state index < -0.39 is 5.92 Å². The number of nitrogens with zero attached hydrogens (tertiary/aromatic N) is 1. The van der Waals surface area contributed by atoms with E-state index in [9.17, 15) is 14.9 Å². The van der Waals surface area contributed by atoms with E-state index in [4.69, 9.17) is 4.42 Å². The van der Waals surface area contributed by atoms with Crippen LogP contribution in [0.15, 0.2) is 87.1 Å². The largest absolute Gasteiger partial charge is 0.468 e. The van der Waals surface area contributed by atoms with Gasteiger partial charge in [0.15, 0.2) is 0 Å². The standard InChI is InChI=1S/C29H28N4O3S/c1-17-8-5-10-21(14-17)32-28(35)26-20(4)31-29(22(15-30)27(26)24-12-7-13-36-24)37-16-25(34)33-23-11-6-9-18(2)19(23)3/h5-14,27,31H,16H2,1-4H3,(H,32,35)(H,33,34)/t27-/m0/s1. The highest BCUT2D eigenvalue weighted by molar-refractivity contribution is 8.03. The van der Waals surface area contributed by atoms with E-state index in [1.807, 2.05) is 63.2 Å². The van der Waals surface area contributed by atoms with Crippen LogP contribution in [0.3, 0.4) is 0 Å². The van der Waals surface area contributed by atoms with Crippen molar-refractivity contribution in [3.63, 3.8) is 0 Å². The molecule has 8 heteroatoms. The molecule has 1 atom stereocenters. The van der Waals surface area contributed by atoms with Crippen molar-refractivity contribution in [3.8, 4) is 6.07 Å². The van der Waals surface area contributed by atoms with Gasteiger partial charge in [0.1, 0.15) is 5.76 Å². The minimum Gasteiger partial charge on any atom is -0.468 e. The van der Waals surface area contributed by atoms with Gasteiger partial charge in [-0.25, -0.2) is 0 Å². The number of amides is 2. The number of thioether (sulfide) groups is 1. The number of anilines is 2. The number of nitrogens with one attached hydrogen (secondary N) is 3. The van der Waals surface area contributed by atoms with Crippen LogP contribution in [-0.4, -0.2) is 17.6 Å². The zero-order valence-electron chi connectivity index (χ0n) is 21.1. The van der Waals surface area contributed by atoms with Crippen LogP contribution in [0.5, 0.6) is 0 Å². The van der Waals surface area contributed by atoms with E-state index in [2.05, 4.69) is 22.0 Å². The number of hydrogen-bond donors (Lipinski definition) is 3. The summed E-state index contributed by atoms with van der Waals surface area (Å²) in [6.07, 6.45) is 1.52. The summed E-state index contributed by atoms with van der Waals surface area (Å²) < 4.78 is 5.66. The first-order valence-corrected chi connectivity index (χ1v) is 12.8. The van der Waals surface area contributed by atoms with Gasteiger partial charge in [0, 0.05) is 17.1 Å². The fraction of sp³-hybridized carbons (Fsp3) is 0.207. The van der Waals surface area contributed by atoms with Crippen LogP contribution < -0.4 is 16.0 Å². The van der Waals surface area contributed by atoms with Crippen LogP contribution in [0.25, 0.3) is 0 Å². The summed E-state index contributed by atoms with van der Waals surface area (Å²) in [5.74, 6) is -0.671. The molecule has 4 rings (SSSR count). The smallest absolute Gasteiger partial charge is 0.254 e. The average Bonchev–Trinajstić information content (AvgIpc) is 3.39. The predicted molar refractivity (Wildman–Crippen MR) is 147 cm³/mol. The van der Waals surface area contributed by atoms with Gasteiger partial charge in [-0.15, -0.1) is 0 Å². The van der Waals surface area contributed by atoms with Crippen LogP contribution in [0.4, 0.5) is 11.4 Å². The number of dihydropyridines is 1. The zero-order chi connectivity index (χ0) is 26.5. The molecule has 2 aromatic carbocycles. The first-order valence-electron chi connectivity index (χ1n) is 11.8. The Labute approximate surface area is 220 Å². The normalized spacial score (nSPS) is 15.2. The molecule has 1 aliphatic rings. The van der Waals surface area contributed by atoms with Crippen LogP contribution in [-0.2, 0) is 9.59 Å². The van der Waals surface area contributed by atoms with Crippen molar-refractivity contribution in [1.82, 2.24) is 5.32 Å². The number of nitriles is 1. The monoisotopic (exact) mass is 512 g/mol. The van der Waals surface area contributed by atoms with Crippen molar-refractivity contribution in [2.24, 2.45) is 0 Å². The molecule has 0 bridgehead atoms. The van der Waals surface area contributed by atoms with Gasteiger partial charge in [0.05, 0.1) is 40.2 Å². The number of carbonyl (C=O) groups is 2. The molecule has 7 nitrogen and oxygen atoms in total. The van der Waals surface area contributed by atoms with Crippen LogP contribution in [0.2, 0.25) is 0 Å². The topological polar surface area (TPSA) is 107 Å². The Morgan fingerprint density at radius 3 is 2.54 bits per heavy atom. The van der Waals surface area contributed by atoms with Crippen molar-refractivity contribution in [1.29, 1.82) is 5.26 Å². The molecule has 0 aliphatic carbocycles. The van der Waals surface area contributed by atoms with Crippen molar-refractivity contribution in [2.45, 2.75) is 33.6 Å². The van der Waals surface area contributed by atoms with Crippen LogP contribution in [0, 0.1) is 32.1 Å². The second-order valence-electron chi connectivity index (χ2n) is 8.87. The SMILES string of the molecule is CC1=C(C(=O)Nc2cccc(C)c2)[C@H](c2ccco2)C(C#N)=C(SCC(=O)Nc2cccc(C)c2C)N1. The second-order valence-corrected chi connectivity index (χ2v) is 9.86. The Morgan fingerprint density at radius 2 is 1.84 bits per heavy atom. The van der Waals surface area contributed by atoms with Crippen molar-refractivity contribution in [3.05, 3.63) is 105 Å². The lowest BCUT2D eigenvalue weighted by Crippen LogP contribution is -2.31. The molecule has 1 aliphatic heterocycles. The highest BCUT2D eigenvalue weighted by atomic mass is 32.2. The maximum absolute atomic E-state index is 13.4. The molecule has 2 amide bonds. The molecule has 0 saturated heterocycles. The molecule has 188 valence electrons. The number of benzene rings is 2. The molecule has 0 saturated carbocycles. The van der Waals surface area contributed by atoms with Gasteiger partial charge in [-0.1, -0.05) is 36.0 Å². The molecule has 0 unspecified atom stereocenters. The number of carbonyl (C=O) groups excluding carboxylic acids is 2. The summed E-state index contributed by atoms with van der Waals surface area (Å²) in [6, 6.07) is 19.0. The number of allylic oxidation sites excluding steroid dienone is 2. The van der Waals surface area contributed by atoms with Crippen LogP contribution >= 0.6 is 11.8 Å². The minimum absolute atomic E-state index is 0.0872. The summed E-state index contributed by atoms with van der Waals surface area (Å²) in [5.41, 5.74) is 5.83. The van der Waals surface area contributed by atoms with E-state index in [1.54, 1.807) is 19.1 Å². The second kappa shape index (κ2) is 11.2. The number of rotatable bonds is 7. The van der Waals surface area contributed by atoms with Crippen molar-refractivity contribution >= 4 is 35.0 Å². The van der Waals surface area contributed by atoms with E-state index >= 15 is 0 Å². The van der Waals surface area contributed by atoms with Crippen molar-refractivity contribution < 1.29 is 14.0 Å². The van der Waals surface area contributed by atoms with Gasteiger partial charge in [0.2, 0.25) is 5.91 Å². The quantitative estimate of drug-likeness (QED) is 0.363. The molecular formula is C29H28N4O3S. The summed E-state index contributed by atoms with van der Waals surface area (Å²) in [6.45, 7) is 7.69. The van der Waals surface area contributed by atoms with E-state index in [-0.39, 0.29) is 17.6 Å². The predicted octanol–water partition coefficient (Wildman–Crippen LogP) is 5.91. The van der Waals surface area contributed by atoms with Gasteiger partial charge < -0.3 is 20.4 Å². The Hall–Kier alpha value is -4.22. The maximum atomic E-state index is 13.4. The molecule has 3 aromatic rings. The van der Waals surface area contributed by atoms with Gasteiger partial charge >= 0.3 is 0 Å². The van der Waals surface area contributed by atoms with Gasteiger partial charge in [-0.3, -0.25) is 9.59 Å². The average molecular weight is 513 g/mol. The minimum atomic E-state index is -0.712. The first kappa shape index (κ1) is 25.9. The first-order chi connectivity index (χ1) is 17.8. The zero-order valence-corrected chi connectivity index (χ0v) is 22.0. The molecule has 0 fully saturated rings. The Bertz CT molecular complexity index is 1450. The lowest BCUT2D eigenvalue weighted by atomic mass is 9.85. The van der Waals surface area contributed by atoms with Crippen molar-refractivity contribution in [2.75, 3.05) is 16.4 Å². The molecule has 0 radical (unpaired) electrons. The molecule has 0 spiro atoms. The Kier molecular flexibility index (Phi) is 7.85. The van der Waals surface area contributed by atoms with E-state index in [0.29, 0.717) is 33.3 Å². The van der Waals surface area contributed by atoms with Gasteiger partial charge in [0.25, 0.3) is 5.91 Å². The lowest BCUT2D eigenvalue weighted by Gasteiger charge is -2.28. The van der Waals surface area contributed by atoms with Gasteiger partial charge in [-0.05, 0) is 74.7 Å². The molecule has 37 heavy (non-hydrogen) atoms. The third-order valence-corrected chi connectivity index (χ3v) is 7.24. The number of furan rings is 1. The number of hydrogen-bond acceptors (Lipinski definition) is 6. The fourth-order valence-corrected chi connectivity index (χ4v) is 5.09. The summed E-state index contributed by atoms with van der Waals surface area (Å²) in [4.78, 5) is 26.2. The maximum Gasteiger partial charge on any atom is 0.254 e. The van der Waals surface area contributed by atoms with Crippen LogP contribution in [0.1, 0.15) is 35.3 Å². The molecular weight excluding hydrogens is 484 g/mol. The van der Waals surface area contributed by atoms with E-state index in [0.717, 1.165) is 22.4 Å². The van der Waals surface area contributed by atoms with Gasteiger partial charge in [-0.2, -0.15) is 5.26 Å². The molecule has 2 heterocycles. The van der Waals surface area contributed by atoms with E-state index in [1.165, 1.54) is 18.0 Å². The highest BCUT2D eigenvalue weighted by Crippen LogP contribution is 2.41. The Balaban J connectivity index is 1.59. The summed E-state index contributed by atoms with van der Waals surface area (Å²) in [5, 5.41) is 19.7. The fourth-order valence-electron chi connectivity index (χ4n) is 4.20. The number of aryl methyl sites for hydroxylation is 2. The lowest BCUT2D eigenvalue weighted by molar-refractivity contribution is -0.114. The molecule has 1 aromatic heterocycles. The molecule has 3 N–H and O–H groups in total.